The minimum absolute atomic E-state index is 0.0809. The quantitative estimate of drug-likeness (QED) is 0.871. The van der Waals surface area contributed by atoms with Gasteiger partial charge >= 0.3 is 0 Å². The third-order valence-electron chi connectivity index (χ3n) is 2.96. The lowest BCUT2D eigenvalue weighted by Gasteiger charge is -2.23. The van der Waals surface area contributed by atoms with Gasteiger partial charge in [-0.1, -0.05) is 0 Å². The van der Waals surface area contributed by atoms with Crippen LogP contribution in [0.5, 0.6) is 0 Å². The van der Waals surface area contributed by atoms with E-state index in [1.165, 1.54) is 11.3 Å². The van der Waals surface area contributed by atoms with Gasteiger partial charge in [-0.25, -0.2) is 0 Å². The molecule has 1 amide bonds. The van der Waals surface area contributed by atoms with E-state index in [1.807, 2.05) is 11.0 Å². The van der Waals surface area contributed by atoms with E-state index >= 15 is 0 Å². The van der Waals surface area contributed by atoms with Crippen molar-refractivity contribution in [2.24, 2.45) is 0 Å². The SMILES string of the molecule is O=C(c1cc(Br)c(Br)s1)N1CCCC1CCO. The van der Waals surface area contributed by atoms with Crippen molar-refractivity contribution in [1.82, 2.24) is 4.90 Å². The molecule has 0 aliphatic carbocycles. The average Bonchev–Trinajstić information content (AvgIpc) is 2.87. The summed E-state index contributed by atoms with van der Waals surface area (Å²) < 4.78 is 1.86. The third-order valence-corrected chi connectivity index (χ3v) is 6.20. The van der Waals surface area contributed by atoms with Crippen LogP contribution >= 0.6 is 43.2 Å². The largest absolute Gasteiger partial charge is 0.396 e. The topological polar surface area (TPSA) is 40.5 Å². The first kappa shape index (κ1) is 13.5. The molecule has 1 unspecified atom stereocenters. The molecule has 1 N–H and O–H groups in total. The molecule has 1 aromatic heterocycles. The second kappa shape index (κ2) is 5.82. The Kier molecular flexibility index (Phi) is 4.63. The number of carbonyl (C=O) groups is 1. The van der Waals surface area contributed by atoms with Gasteiger partial charge in [0.2, 0.25) is 0 Å². The van der Waals surface area contributed by atoms with Gasteiger partial charge in [-0.05, 0) is 57.2 Å². The first-order valence-electron chi connectivity index (χ1n) is 5.50. The van der Waals surface area contributed by atoms with E-state index in [-0.39, 0.29) is 18.6 Å². The second-order valence-corrected chi connectivity index (χ2v) is 7.26. The number of aliphatic hydroxyl groups excluding tert-OH is 1. The van der Waals surface area contributed by atoms with Gasteiger partial charge in [0.15, 0.2) is 0 Å². The Morgan fingerprint density at radius 3 is 2.94 bits per heavy atom. The zero-order chi connectivity index (χ0) is 12.4. The zero-order valence-corrected chi connectivity index (χ0v) is 13.1. The molecule has 1 saturated heterocycles. The van der Waals surface area contributed by atoms with Crippen molar-refractivity contribution in [1.29, 1.82) is 0 Å². The Balaban J connectivity index is 2.13. The number of hydrogen-bond donors (Lipinski definition) is 1. The summed E-state index contributed by atoms with van der Waals surface area (Å²) in [5.74, 6) is 0.0809. The first-order chi connectivity index (χ1) is 8.13. The molecule has 1 aliphatic rings. The molecule has 0 bridgehead atoms. The third kappa shape index (κ3) is 2.92. The van der Waals surface area contributed by atoms with Crippen molar-refractivity contribution in [3.63, 3.8) is 0 Å². The molecular weight excluding hydrogens is 370 g/mol. The Hall–Kier alpha value is 0.0900. The molecule has 1 atom stereocenters. The van der Waals surface area contributed by atoms with E-state index in [4.69, 9.17) is 5.11 Å². The summed E-state index contributed by atoms with van der Waals surface area (Å²) in [6, 6.07) is 2.05. The maximum atomic E-state index is 12.3. The zero-order valence-electron chi connectivity index (χ0n) is 9.16. The van der Waals surface area contributed by atoms with Crippen LogP contribution in [-0.4, -0.2) is 35.1 Å². The number of aliphatic hydroxyl groups is 1. The number of nitrogens with zero attached hydrogens (tertiary/aromatic N) is 1. The lowest BCUT2D eigenvalue weighted by Crippen LogP contribution is -2.35. The summed E-state index contributed by atoms with van der Waals surface area (Å²) in [6.07, 6.45) is 2.71. The molecule has 17 heavy (non-hydrogen) atoms. The number of rotatable bonds is 3. The first-order valence-corrected chi connectivity index (χ1v) is 7.90. The molecule has 1 fully saturated rings. The Bertz CT molecular complexity index is 402. The van der Waals surface area contributed by atoms with Crippen LogP contribution in [0.4, 0.5) is 0 Å². The molecule has 1 aromatic rings. The van der Waals surface area contributed by atoms with E-state index in [9.17, 15) is 4.79 Å². The fourth-order valence-electron chi connectivity index (χ4n) is 2.15. The highest BCUT2D eigenvalue weighted by Crippen LogP contribution is 2.34. The van der Waals surface area contributed by atoms with Crippen LogP contribution < -0.4 is 0 Å². The van der Waals surface area contributed by atoms with Crippen LogP contribution in [0, 0.1) is 0 Å². The van der Waals surface area contributed by atoms with Gasteiger partial charge in [0.05, 0.1) is 8.66 Å². The summed E-state index contributed by atoms with van der Waals surface area (Å²) in [4.78, 5) is 14.9. The minimum atomic E-state index is 0.0809. The molecule has 2 rings (SSSR count). The predicted octanol–water partition coefficient (Wildman–Crippen LogP) is 3.26. The Morgan fingerprint density at radius 1 is 1.59 bits per heavy atom. The van der Waals surface area contributed by atoms with Crippen molar-refractivity contribution in [3.05, 3.63) is 19.2 Å². The van der Waals surface area contributed by atoms with Crippen molar-refractivity contribution in [2.45, 2.75) is 25.3 Å². The molecule has 0 saturated carbocycles. The fraction of sp³-hybridized carbons (Fsp3) is 0.545. The van der Waals surface area contributed by atoms with E-state index < -0.39 is 0 Å². The maximum absolute atomic E-state index is 12.3. The molecule has 0 aromatic carbocycles. The van der Waals surface area contributed by atoms with Gasteiger partial charge in [-0.15, -0.1) is 11.3 Å². The lowest BCUT2D eigenvalue weighted by molar-refractivity contribution is 0.0721. The molecule has 0 radical (unpaired) electrons. The summed E-state index contributed by atoms with van der Waals surface area (Å²) in [5, 5.41) is 8.99. The summed E-state index contributed by atoms with van der Waals surface area (Å²) in [7, 11) is 0. The molecule has 94 valence electrons. The highest BCUT2D eigenvalue weighted by atomic mass is 79.9. The average molecular weight is 383 g/mol. The van der Waals surface area contributed by atoms with Gasteiger partial charge < -0.3 is 10.0 Å². The van der Waals surface area contributed by atoms with Crippen LogP contribution in [0.3, 0.4) is 0 Å². The lowest BCUT2D eigenvalue weighted by atomic mass is 10.1. The van der Waals surface area contributed by atoms with Gasteiger partial charge in [0.25, 0.3) is 5.91 Å². The highest BCUT2D eigenvalue weighted by Gasteiger charge is 2.29. The number of carbonyl (C=O) groups excluding carboxylic acids is 1. The van der Waals surface area contributed by atoms with Gasteiger partial charge in [-0.3, -0.25) is 4.79 Å². The molecule has 6 heteroatoms. The minimum Gasteiger partial charge on any atom is -0.396 e. The second-order valence-electron chi connectivity index (χ2n) is 4.04. The van der Waals surface area contributed by atoms with Gasteiger partial charge in [0, 0.05) is 23.7 Å². The van der Waals surface area contributed by atoms with E-state index in [1.54, 1.807) is 0 Å². The summed E-state index contributed by atoms with van der Waals surface area (Å²) >= 11 is 8.24. The molecular formula is C11H13Br2NO2S. The van der Waals surface area contributed by atoms with Gasteiger partial charge in [-0.2, -0.15) is 0 Å². The predicted molar refractivity (Wildman–Crippen MR) is 75.5 cm³/mol. The van der Waals surface area contributed by atoms with Crippen LogP contribution in [0.15, 0.2) is 14.3 Å². The van der Waals surface area contributed by atoms with Crippen LogP contribution in [0.1, 0.15) is 28.9 Å². The van der Waals surface area contributed by atoms with Crippen LogP contribution in [0.2, 0.25) is 0 Å². The summed E-state index contributed by atoms with van der Waals surface area (Å²) in [6.45, 7) is 0.947. The maximum Gasteiger partial charge on any atom is 0.264 e. The number of hydrogen-bond acceptors (Lipinski definition) is 3. The molecule has 3 nitrogen and oxygen atoms in total. The Morgan fingerprint density at radius 2 is 2.35 bits per heavy atom. The molecule has 0 spiro atoms. The van der Waals surface area contributed by atoms with Crippen LogP contribution in [-0.2, 0) is 0 Å². The summed E-state index contributed by atoms with van der Waals surface area (Å²) in [5.41, 5.74) is 0. The number of halogens is 2. The standard InChI is InChI=1S/C11H13Br2NO2S/c12-8-6-9(17-10(8)13)11(16)14-4-1-2-7(14)3-5-15/h6-7,15H,1-5H2. The molecule has 1 aliphatic heterocycles. The van der Waals surface area contributed by atoms with Gasteiger partial charge in [0.1, 0.15) is 0 Å². The smallest absolute Gasteiger partial charge is 0.264 e. The molecule has 2 heterocycles. The van der Waals surface area contributed by atoms with Crippen molar-refractivity contribution in [3.8, 4) is 0 Å². The fourth-order valence-corrected chi connectivity index (χ4v) is 4.14. The number of thiophene rings is 1. The normalized spacial score (nSPS) is 19.9. The monoisotopic (exact) mass is 381 g/mol. The van der Waals surface area contributed by atoms with Crippen molar-refractivity contribution in [2.75, 3.05) is 13.2 Å². The van der Waals surface area contributed by atoms with E-state index in [2.05, 4.69) is 31.9 Å². The van der Waals surface area contributed by atoms with Crippen molar-refractivity contribution < 1.29 is 9.90 Å². The Labute approximate surface area is 121 Å². The number of amides is 1. The van der Waals surface area contributed by atoms with E-state index in [0.29, 0.717) is 6.42 Å². The van der Waals surface area contributed by atoms with Crippen molar-refractivity contribution >= 4 is 49.1 Å². The van der Waals surface area contributed by atoms with E-state index in [0.717, 1.165) is 32.5 Å². The number of likely N-dealkylation sites (tertiary alicyclic amines) is 1. The van der Waals surface area contributed by atoms with Crippen LogP contribution in [0.25, 0.3) is 0 Å². The highest BCUT2D eigenvalue weighted by molar-refractivity contribution is 9.13.